The summed E-state index contributed by atoms with van der Waals surface area (Å²) in [5.74, 6) is 0. The topological polar surface area (TPSA) is 24.9 Å². The number of pyridine rings is 1. The Balaban J connectivity index is 2.06. The van der Waals surface area contributed by atoms with Crippen molar-refractivity contribution in [3.63, 3.8) is 0 Å². The van der Waals surface area contributed by atoms with Gasteiger partial charge in [-0.05, 0) is 46.5 Å². The maximum Gasteiger partial charge on any atom is 0.143 e. The SMILES string of the molecule is CCCc1ccc(C(C)Nc2cnc(Cl)c(Br)c2)cc1. The number of hydrogen-bond donors (Lipinski definition) is 1. The average Bonchev–Trinajstić information content (AvgIpc) is 2.44. The van der Waals surface area contributed by atoms with E-state index in [9.17, 15) is 0 Å². The first-order chi connectivity index (χ1) is 9.60. The number of aryl methyl sites for hydroxylation is 1. The largest absolute Gasteiger partial charge is 0.377 e. The van der Waals surface area contributed by atoms with Gasteiger partial charge in [0, 0.05) is 6.04 Å². The van der Waals surface area contributed by atoms with Crippen molar-refractivity contribution in [2.24, 2.45) is 0 Å². The second-order valence-corrected chi connectivity index (χ2v) is 6.07. The number of rotatable bonds is 5. The fourth-order valence-electron chi connectivity index (χ4n) is 2.10. The van der Waals surface area contributed by atoms with E-state index in [0.29, 0.717) is 5.15 Å². The number of nitrogens with one attached hydrogen (secondary N) is 1. The van der Waals surface area contributed by atoms with E-state index >= 15 is 0 Å². The molecule has 106 valence electrons. The number of nitrogens with zero attached hydrogens (tertiary/aromatic N) is 1. The third-order valence-corrected chi connectivity index (χ3v) is 4.33. The molecule has 0 spiro atoms. The van der Waals surface area contributed by atoms with Gasteiger partial charge < -0.3 is 5.32 Å². The second-order valence-electron chi connectivity index (χ2n) is 4.85. The molecule has 1 aromatic heterocycles. The molecule has 0 bridgehead atoms. The van der Waals surface area contributed by atoms with Crippen molar-refractivity contribution >= 4 is 33.2 Å². The van der Waals surface area contributed by atoms with Gasteiger partial charge in [-0.3, -0.25) is 0 Å². The molecule has 1 N–H and O–H groups in total. The lowest BCUT2D eigenvalue weighted by molar-refractivity contribution is 0.874. The van der Waals surface area contributed by atoms with E-state index in [4.69, 9.17) is 11.6 Å². The molecule has 2 nitrogen and oxygen atoms in total. The van der Waals surface area contributed by atoms with Gasteiger partial charge in [-0.15, -0.1) is 0 Å². The van der Waals surface area contributed by atoms with E-state index in [1.807, 2.05) is 6.07 Å². The zero-order valence-corrected chi connectivity index (χ0v) is 14.0. The lowest BCUT2D eigenvalue weighted by Crippen LogP contribution is -2.07. The minimum Gasteiger partial charge on any atom is -0.377 e. The van der Waals surface area contributed by atoms with Gasteiger partial charge in [-0.25, -0.2) is 4.98 Å². The number of halogens is 2. The van der Waals surface area contributed by atoms with Gasteiger partial charge in [0.1, 0.15) is 5.15 Å². The molecule has 0 amide bonds. The fraction of sp³-hybridized carbons (Fsp3) is 0.312. The summed E-state index contributed by atoms with van der Waals surface area (Å²) in [6.07, 6.45) is 4.06. The molecular weight excluding hydrogens is 336 g/mol. The van der Waals surface area contributed by atoms with E-state index in [1.165, 1.54) is 17.5 Å². The molecule has 0 aliphatic heterocycles. The minimum atomic E-state index is 0.223. The van der Waals surface area contributed by atoms with Gasteiger partial charge in [-0.2, -0.15) is 0 Å². The van der Waals surface area contributed by atoms with Crippen molar-refractivity contribution in [2.45, 2.75) is 32.7 Å². The molecule has 0 aliphatic rings. The molecule has 0 radical (unpaired) electrons. The standard InChI is InChI=1S/C16H18BrClN2/c1-3-4-12-5-7-13(8-6-12)11(2)20-14-9-15(17)16(18)19-10-14/h5-11,20H,3-4H2,1-2H3. The third-order valence-electron chi connectivity index (χ3n) is 3.20. The van der Waals surface area contributed by atoms with Crippen LogP contribution in [0.2, 0.25) is 5.15 Å². The van der Waals surface area contributed by atoms with E-state index in [1.54, 1.807) is 6.20 Å². The molecule has 0 aliphatic carbocycles. The van der Waals surface area contributed by atoms with Crippen LogP contribution < -0.4 is 5.32 Å². The number of benzene rings is 1. The molecule has 20 heavy (non-hydrogen) atoms. The summed E-state index contributed by atoms with van der Waals surface area (Å²) in [4.78, 5) is 4.12. The summed E-state index contributed by atoms with van der Waals surface area (Å²) in [7, 11) is 0. The average molecular weight is 354 g/mol. The summed E-state index contributed by atoms with van der Waals surface area (Å²) < 4.78 is 0.801. The molecule has 1 atom stereocenters. The van der Waals surface area contributed by atoms with Crippen LogP contribution in [0, 0.1) is 0 Å². The zero-order valence-electron chi connectivity index (χ0n) is 11.7. The fourth-order valence-corrected chi connectivity index (χ4v) is 2.55. The highest BCUT2D eigenvalue weighted by Gasteiger charge is 2.07. The van der Waals surface area contributed by atoms with Crippen LogP contribution in [0.25, 0.3) is 0 Å². The van der Waals surface area contributed by atoms with Gasteiger partial charge in [0.25, 0.3) is 0 Å². The Hall–Kier alpha value is -1.06. The van der Waals surface area contributed by atoms with Crippen molar-refractivity contribution in [1.82, 2.24) is 4.98 Å². The number of aromatic nitrogens is 1. The molecule has 2 aromatic rings. The highest BCUT2D eigenvalue weighted by atomic mass is 79.9. The van der Waals surface area contributed by atoms with Gasteiger partial charge in [-0.1, -0.05) is 49.2 Å². The molecule has 1 heterocycles. The highest BCUT2D eigenvalue weighted by Crippen LogP contribution is 2.25. The lowest BCUT2D eigenvalue weighted by Gasteiger charge is -2.16. The normalized spacial score (nSPS) is 12.2. The summed E-state index contributed by atoms with van der Waals surface area (Å²) >= 11 is 9.28. The van der Waals surface area contributed by atoms with E-state index in [-0.39, 0.29) is 6.04 Å². The smallest absolute Gasteiger partial charge is 0.143 e. The monoisotopic (exact) mass is 352 g/mol. The maximum atomic E-state index is 5.90. The van der Waals surface area contributed by atoms with Gasteiger partial charge in [0.05, 0.1) is 16.4 Å². The second kappa shape index (κ2) is 7.09. The molecule has 0 saturated carbocycles. The number of hydrogen-bond acceptors (Lipinski definition) is 2. The lowest BCUT2D eigenvalue weighted by atomic mass is 10.0. The quantitative estimate of drug-likeness (QED) is 0.705. The molecule has 1 aromatic carbocycles. The van der Waals surface area contributed by atoms with Crippen molar-refractivity contribution in [2.75, 3.05) is 5.32 Å². The van der Waals surface area contributed by atoms with Crippen molar-refractivity contribution in [1.29, 1.82) is 0 Å². The molecule has 2 rings (SSSR count). The predicted octanol–water partition coefficient (Wildman–Crippen LogP) is 5.62. The van der Waals surface area contributed by atoms with Crippen LogP contribution in [0.5, 0.6) is 0 Å². The number of anilines is 1. The Morgan fingerprint density at radius 2 is 2.00 bits per heavy atom. The molecular formula is C16H18BrClN2. The Kier molecular flexibility index (Phi) is 5.44. The van der Waals surface area contributed by atoms with Crippen LogP contribution in [-0.2, 0) is 6.42 Å². The van der Waals surface area contributed by atoms with Crippen LogP contribution in [0.15, 0.2) is 41.0 Å². The van der Waals surface area contributed by atoms with Crippen LogP contribution >= 0.6 is 27.5 Å². The third kappa shape index (κ3) is 3.97. The Morgan fingerprint density at radius 3 is 2.60 bits per heavy atom. The maximum absolute atomic E-state index is 5.90. The van der Waals surface area contributed by atoms with Crippen LogP contribution in [-0.4, -0.2) is 4.98 Å². The first-order valence-electron chi connectivity index (χ1n) is 6.76. The molecule has 1 unspecified atom stereocenters. The first kappa shape index (κ1) is 15.3. The Bertz CT molecular complexity index is 569. The van der Waals surface area contributed by atoms with E-state index in [2.05, 4.69) is 64.3 Å². The highest BCUT2D eigenvalue weighted by molar-refractivity contribution is 9.10. The first-order valence-corrected chi connectivity index (χ1v) is 7.93. The van der Waals surface area contributed by atoms with E-state index in [0.717, 1.165) is 16.6 Å². The summed E-state index contributed by atoms with van der Waals surface area (Å²) in [5, 5.41) is 3.91. The molecule has 0 fully saturated rings. The minimum absolute atomic E-state index is 0.223. The van der Waals surface area contributed by atoms with Crippen molar-refractivity contribution < 1.29 is 0 Å². The van der Waals surface area contributed by atoms with Crippen molar-refractivity contribution in [3.8, 4) is 0 Å². The van der Waals surface area contributed by atoms with Crippen LogP contribution in [0.3, 0.4) is 0 Å². The molecule has 0 saturated heterocycles. The Morgan fingerprint density at radius 1 is 1.30 bits per heavy atom. The zero-order chi connectivity index (χ0) is 14.5. The van der Waals surface area contributed by atoms with Crippen LogP contribution in [0.4, 0.5) is 5.69 Å². The summed E-state index contributed by atoms with van der Waals surface area (Å²) in [6.45, 7) is 4.33. The van der Waals surface area contributed by atoms with Crippen LogP contribution in [0.1, 0.15) is 37.4 Å². The van der Waals surface area contributed by atoms with Gasteiger partial charge in [0.2, 0.25) is 0 Å². The van der Waals surface area contributed by atoms with E-state index < -0.39 is 0 Å². The summed E-state index contributed by atoms with van der Waals surface area (Å²) in [5.41, 5.74) is 3.60. The van der Waals surface area contributed by atoms with Crippen molar-refractivity contribution in [3.05, 3.63) is 57.3 Å². The molecule has 4 heteroatoms. The van der Waals surface area contributed by atoms with Gasteiger partial charge >= 0.3 is 0 Å². The predicted molar refractivity (Wildman–Crippen MR) is 89.4 cm³/mol. The Labute approximate surface area is 133 Å². The van der Waals surface area contributed by atoms with Gasteiger partial charge in [0.15, 0.2) is 0 Å². The summed E-state index contributed by atoms with van der Waals surface area (Å²) in [6, 6.07) is 10.9.